The van der Waals surface area contributed by atoms with Gasteiger partial charge in [0.1, 0.15) is 11.4 Å². The van der Waals surface area contributed by atoms with Crippen LogP contribution >= 0.6 is 11.6 Å². The highest BCUT2D eigenvalue weighted by Crippen LogP contribution is 2.27. The van der Waals surface area contributed by atoms with E-state index in [0.29, 0.717) is 28.1 Å². The monoisotopic (exact) mass is 429 g/mol. The highest BCUT2D eigenvalue weighted by atomic mass is 35.5. The highest BCUT2D eigenvalue weighted by Gasteiger charge is 2.26. The largest absolute Gasteiger partial charge is 0.451 e. The Morgan fingerprint density at radius 2 is 1.87 bits per heavy atom. The molecule has 4 rings (SSSR count). The summed E-state index contributed by atoms with van der Waals surface area (Å²) in [6.07, 6.45) is 0. The van der Waals surface area contributed by atoms with Gasteiger partial charge >= 0.3 is 0 Å². The van der Waals surface area contributed by atoms with Crippen molar-refractivity contribution in [2.75, 3.05) is 39.8 Å². The number of hydrogen-bond donors (Lipinski definition) is 1. The van der Waals surface area contributed by atoms with Gasteiger partial charge in [-0.2, -0.15) is 0 Å². The second-order valence-electron chi connectivity index (χ2n) is 7.81. The molecule has 7 heteroatoms. The molecule has 1 N–H and O–H groups in total. The number of aryl methyl sites for hydroxylation is 1. The maximum Gasteiger partial charge on any atom is 0.287 e. The molecule has 3 aromatic rings. The molecule has 1 fully saturated rings. The lowest BCUT2D eigenvalue weighted by Crippen LogP contribution is -2.48. The minimum atomic E-state index is -0.351. The fourth-order valence-corrected chi connectivity index (χ4v) is 4.08. The normalized spacial score (nSPS) is 16.7. The summed E-state index contributed by atoms with van der Waals surface area (Å²) in [6, 6.07) is 12.1. The molecule has 0 unspecified atom stereocenters. The first-order valence-electron chi connectivity index (χ1n) is 10.1. The number of piperazine rings is 1. The van der Waals surface area contributed by atoms with E-state index < -0.39 is 0 Å². The summed E-state index contributed by atoms with van der Waals surface area (Å²) in [5.41, 5.74) is 2.25. The molecule has 158 valence electrons. The van der Waals surface area contributed by atoms with Crippen LogP contribution in [-0.2, 0) is 0 Å². The first kappa shape index (κ1) is 20.8. The number of likely N-dealkylation sites (N-methyl/N-ethyl adjacent to an activating group) is 1. The van der Waals surface area contributed by atoms with Gasteiger partial charge in [-0.25, -0.2) is 4.39 Å². The maximum absolute atomic E-state index is 13.6. The van der Waals surface area contributed by atoms with Gasteiger partial charge in [0.05, 0.1) is 6.04 Å². The highest BCUT2D eigenvalue weighted by molar-refractivity contribution is 6.30. The number of amides is 1. The Kier molecular flexibility index (Phi) is 6.09. The first-order chi connectivity index (χ1) is 14.4. The van der Waals surface area contributed by atoms with Crippen molar-refractivity contribution in [1.29, 1.82) is 0 Å². The fourth-order valence-electron chi connectivity index (χ4n) is 3.96. The van der Waals surface area contributed by atoms with Gasteiger partial charge in [0.2, 0.25) is 0 Å². The molecule has 1 aliphatic heterocycles. The lowest BCUT2D eigenvalue weighted by molar-refractivity contribution is 0.0864. The molecule has 1 atom stereocenters. The standard InChI is InChI=1S/C23H25ClFN3O2/c1-15-19-13-18(25)7-8-21(19)30-22(15)23(29)26-14-20(16-3-5-17(24)6-4-16)28-11-9-27(2)10-12-28/h3-8,13,20H,9-12,14H2,1-2H3,(H,26,29)/t20-/m1/s1. The van der Waals surface area contributed by atoms with Crippen molar-refractivity contribution in [3.8, 4) is 0 Å². The molecule has 0 radical (unpaired) electrons. The van der Waals surface area contributed by atoms with Crippen LogP contribution in [0.1, 0.15) is 27.7 Å². The number of fused-ring (bicyclic) bond motifs is 1. The lowest BCUT2D eigenvalue weighted by Gasteiger charge is -2.38. The van der Waals surface area contributed by atoms with Crippen LogP contribution in [0.25, 0.3) is 11.0 Å². The zero-order chi connectivity index (χ0) is 21.3. The summed E-state index contributed by atoms with van der Waals surface area (Å²) < 4.78 is 19.3. The van der Waals surface area contributed by atoms with Crippen LogP contribution in [-0.4, -0.2) is 55.5 Å². The summed E-state index contributed by atoms with van der Waals surface area (Å²) in [7, 11) is 2.11. The van der Waals surface area contributed by atoms with Crippen LogP contribution in [0.2, 0.25) is 5.02 Å². The van der Waals surface area contributed by atoms with Crippen molar-refractivity contribution in [2.45, 2.75) is 13.0 Å². The molecule has 1 amide bonds. The van der Waals surface area contributed by atoms with Crippen LogP contribution in [0.4, 0.5) is 4.39 Å². The van der Waals surface area contributed by atoms with Crippen molar-refractivity contribution in [2.24, 2.45) is 0 Å². The minimum absolute atomic E-state index is 0.0297. The second-order valence-corrected chi connectivity index (χ2v) is 8.25. The molecule has 0 aliphatic carbocycles. The Balaban J connectivity index is 1.54. The molecule has 30 heavy (non-hydrogen) atoms. The number of hydrogen-bond acceptors (Lipinski definition) is 4. The van der Waals surface area contributed by atoms with Crippen LogP contribution in [0.15, 0.2) is 46.9 Å². The van der Waals surface area contributed by atoms with Gasteiger partial charge in [-0.1, -0.05) is 23.7 Å². The van der Waals surface area contributed by atoms with Gasteiger partial charge < -0.3 is 14.6 Å². The van der Waals surface area contributed by atoms with E-state index in [1.165, 1.54) is 12.1 Å². The van der Waals surface area contributed by atoms with Crippen LogP contribution in [0.3, 0.4) is 0 Å². The topological polar surface area (TPSA) is 48.7 Å². The number of carbonyl (C=O) groups excluding carboxylic acids is 1. The summed E-state index contributed by atoms with van der Waals surface area (Å²) in [4.78, 5) is 17.6. The van der Waals surface area contributed by atoms with Gasteiger partial charge in [-0.15, -0.1) is 0 Å². The molecule has 1 aliphatic rings. The van der Waals surface area contributed by atoms with Gasteiger partial charge in [-0.05, 0) is 49.9 Å². The van der Waals surface area contributed by atoms with E-state index in [9.17, 15) is 9.18 Å². The van der Waals surface area contributed by atoms with Crippen LogP contribution in [0, 0.1) is 12.7 Å². The van der Waals surface area contributed by atoms with Crippen molar-refractivity contribution in [3.63, 3.8) is 0 Å². The summed E-state index contributed by atoms with van der Waals surface area (Å²) in [5, 5.41) is 4.33. The van der Waals surface area contributed by atoms with Gasteiger partial charge in [0, 0.05) is 48.7 Å². The third-order valence-electron chi connectivity index (χ3n) is 5.79. The first-order valence-corrected chi connectivity index (χ1v) is 10.4. The minimum Gasteiger partial charge on any atom is -0.451 e. The molecule has 0 saturated carbocycles. The fraction of sp³-hybridized carbons (Fsp3) is 0.348. The van der Waals surface area contributed by atoms with Gasteiger partial charge in [0.15, 0.2) is 5.76 Å². The number of nitrogens with one attached hydrogen (secondary N) is 1. The van der Waals surface area contributed by atoms with E-state index in [1.54, 1.807) is 13.0 Å². The SMILES string of the molecule is Cc1c(C(=O)NC[C@H](c2ccc(Cl)cc2)N2CCN(C)CC2)oc2ccc(F)cc12. The third-order valence-corrected chi connectivity index (χ3v) is 6.05. The average molecular weight is 430 g/mol. The van der Waals surface area contributed by atoms with Crippen molar-refractivity contribution in [1.82, 2.24) is 15.1 Å². The Hall–Kier alpha value is -2.41. The van der Waals surface area contributed by atoms with Crippen molar-refractivity contribution < 1.29 is 13.6 Å². The number of rotatable bonds is 5. The van der Waals surface area contributed by atoms with E-state index in [-0.39, 0.29) is 23.5 Å². The molecule has 2 heterocycles. The lowest BCUT2D eigenvalue weighted by atomic mass is 10.0. The zero-order valence-corrected chi connectivity index (χ0v) is 17.9. The molecule has 5 nitrogen and oxygen atoms in total. The molecule has 0 spiro atoms. The van der Waals surface area contributed by atoms with Crippen LogP contribution < -0.4 is 5.32 Å². The Morgan fingerprint density at radius 3 is 2.57 bits per heavy atom. The Labute approximate surface area is 180 Å². The number of benzene rings is 2. The number of furan rings is 1. The molecule has 1 saturated heterocycles. The van der Waals surface area contributed by atoms with E-state index in [4.69, 9.17) is 16.0 Å². The summed E-state index contributed by atoms with van der Waals surface area (Å²) in [5.74, 6) is -0.419. The van der Waals surface area contributed by atoms with Crippen LogP contribution in [0.5, 0.6) is 0 Å². The summed E-state index contributed by atoms with van der Waals surface area (Å²) >= 11 is 6.07. The van der Waals surface area contributed by atoms with Gasteiger partial charge in [-0.3, -0.25) is 9.69 Å². The Morgan fingerprint density at radius 1 is 1.17 bits per heavy atom. The van der Waals surface area contributed by atoms with E-state index >= 15 is 0 Å². The number of carbonyl (C=O) groups is 1. The van der Waals surface area contributed by atoms with Crippen molar-refractivity contribution >= 4 is 28.5 Å². The predicted molar refractivity (Wildman–Crippen MR) is 117 cm³/mol. The predicted octanol–water partition coefficient (Wildman–Crippen LogP) is 4.25. The molecule has 0 bridgehead atoms. The molecule has 2 aromatic carbocycles. The van der Waals surface area contributed by atoms with E-state index in [1.807, 2.05) is 24.3 Å². The second kappa shape index (κ2) is 8.76. The van der Waals surface area contributed by atoms with E-state index in [0.717, 1.165) is 31.7 Å². The average Bonchev–Trinajstić information content (AvgIpc) is 3.06. The smallest absolute Gasteiger partial charge is 0.287 e. The maximum atomic E-state index is 13.6. The zero-order valence-electron chi connectivity index (χ0n) is 17.1. The van der Waals surface area contributed by atoms with Crippen molar-refractivity contribution in [3.05, 3.63) is 70.2 Å². The molecular formula is C23H25ClFN3O2. The molecule has 1 aromatic heterocycles. The Bertz CT molecular complexity index is 1040. The molecular weight excluding hydrogens is 405 g/mol. The number of nitrogens with zero attached hydrogens (tertiary/aromatic N) is 2. The summed E-state index contributed by atoms with van der Waals surface area (Å²) in [6.45, 7) is 6.01. The van der Waals surface area contributed by atoms with E-state index in [2.05, 4.69) is 22.2 Å². The number of halogens is 2. The third kappa shape index (κ3) is 4.36. The van der Waals surface area contributed by atoms with Gasteiger partial charge in [0.25, 0.3) is 5.91 Å². The quantitative estimate of drug-likeness (QED) is 0.658.